The van der Waals surface area contributed by atoms with Crippen molar-refractivity contribution in [1.29, 1.82) is 0 Å². The number of phenolic OH excluding ortho intramolecular Hbond substituents is 1. The summed E-state index contributed by atoms with van der Waals surface area (Å²) in [4.78, 5) is 22.1. The number of anilines is 5. The summed E-state index contributed by atoms with van der Waals surface area (Å²) in [7, 11) is -19.3. The van der Waals surface area contributed by atoms with Gasteiger partial charge in [-0.25, -0.2) is 8.42 Å². The van der Waals surface area contributed by atoms with E-state index in [1.165, 1.54) is 36.1 Å². The normalized spacial score (nSPS) is 12.4. The molecule has 5 rings (SSSR count). The number of nitrogens with one attached hydrogen (secondary N) is 2. The number of aromatic nitrogens is 3. The first-order valence-electron chi connectivity index (χ1n) is 16.3. The van der Waals surface area contributed by atoms with Crippen LogP contribution in [0.25, 0.3) is 10.8 Å². The Balaban J connectivity index is 1.62. The van der Waals surface area contributed by atoms with Crippen LogP contribution in [0, 0.1) is 6.08 Å². The fraction of sp³-hybridized carbons (Fsp3) is 0.125. The predicted molar refractivity (Wildman–Crippen MR) is 230 cm³/mol. The number of hydrogen-bond donors (Lipinski definition) is 6. The van der Waals surface area contributed by atoms with Crippen LogP contribution in [0.2, 0.25) is 0 Å². The summed E-state index contributed by atoms with van der Waals surface area (Å²) in [6.07, 6.45) is -1.47. The number of carbonyl (C=O) groups is 1. The highest BCUT2D eigenvalue weighted by Gasteiger charge is 2.27. The van der Waals surface area contributed by atoms with Crippen molar-refractivity contribution in [3.05, 3.63) is 73.7 Å². The molecule has 0 saturated carbocycles. The van der Waals surface area contributed by atoms with Gasteiger partial charge in [-0.2, -0.15) is 44.6 Å². The van der Waals surface area contributed by atoms with E-state index in [2.05, 4.69) is 35.8 Å². The molecular weight excluding hydrogens is 1110 g/mol. The summed E-state index contributed by atoms with van der Waals surface area (Å²) >= 11 is 3.67. The molecule has 21 nitrogen and oxygen atoms in total. The van der Waals surface area contributed by atoms with Crippen LogP contribution in [0.5, 0.6) is 5.75 Å². The molecule has 1 aromatic heterocycles. The molecule has 0 aliphatic heterocycles. The molecule has 0 saturated heterocycles. The number of halogens is 3. The van der Waals surface area contributed by atoms with E-state index in [4.69, 9.17) is 0 Å². The van der Waals surface area contributed by atoms with Crippen LogP contribution in [-0.2, 0) is 45.0 Å². The summed E-state index contributed by atoms with van der Waals surface area (Å²) in [5, 5.41) is 23.8. The van der Waals surface area contributed by atoms with Crippen molar-refractivity contribution in [3.63, 3.8) is 0 Å². The Hall–Kier alpha value is -4.57. The molecule has 4 aromatic carbocycles. The monoisotopic (exact) mass is 1130 g/mol. The Kier molecular flexibility index (Phi) is 13.8. The van der Waals surface area contributed by atoms with E-state index < -0.39 is 106 Å². The Morgan fingerprint density at radius 1 is 0.833 bits per heavy atom. The van der Waals surface area contributed by atoms with E-state index in [0.717, 1.165) is 35.7 Å². The largest absolute Gasteiger partial charge is 0.505 e. The summed E-state index contributed by atoms with van der Waals surface area (Å²) in [6.45, 7) is 3.17. The average Bonchev–Trinajstić information content (AvgIpc) is 3.12. The number of benzene rings is 4. The number of amides is 1. The molecular formula is C32H27FI2N8O13S4. The second-order valence-electron chi connectivity index (χ2n) is 11.9. The average molecular weight is 1130 g/mol. The van der Waals surface area contributed by atoms with Gasteiger partial charge in [0.1, 0.15) is 21.2 Å². The first-order chi connectivity index (χ1) is 27.8. The van der Waals surface area contributed by atoms with E-state index in [-0.39, 0.29) is 35.2 Å². The van der Waals surface area contributed by atoms with Crippen LogP contribution >= 0.6 is 45.2 Å². The highest BCUT2D eigenvalue weighted by atomic mass is 127. The van der Waals surface area contributed by atoms with Gasteiger partial charge in [0.25, 0.3) is 30.4 Å². The number of aromatic hydroxyl groups is 1. The number of sulfone groups is 1. The van der Waals surface area contributed by atoms with Crippen molar-refractivity contribution >= 4 is 142 Å². The van der Waals surface area contributed by atoms with Crippen LogP contribution in [0.3, 0.4) is 0 Å². The highest BCUT2D eigenvalue weighted by Crippen LogP contribution is 2.46. The molecule has 5 aromatic rings. The lowest BCUT2D eigenvalue weighted by atomic mass is 10.1. The standard InChI is InChI=1S/C32H27FI2N8O13S4/c1-3-26(44)37-22-14-20(58(48,49)50)10-16-11-24(60(54,55)56)28(29(45)27(16)22)42-41-21-12-17(8-9-23(21)59(51,52)53)36-31-38-30(33)39-32(40-31)43(4-2)18-6-5-7-19(13-18)57(46,47)15-25(34)35/h5-15,45H,3-4H2,1-2H3,(H,37,44)(H,48,49,50)(H,51,52,53)(H,54,55,56)(H,36,38,39,40)/b42-41+. The zero-order chi connectivity index (χ0) is 44.5. The molecule has 0 radical (unpaired) electrons. The second kappa shape index (κ2) is 17.8. The Labute approximate surface area is 367 Å². The van der Waals surface area contributed by atoms with Gasteiger partial charge >= 0.3 is 6.08 Å². The van der Waals surface area contributed by atoms with E-state index in [0.29, 0.717) is 7.65 Å². The van der Waals surface area contributed by atoms with Gasteiger partial charge in [0.15, 0.2) is 5.75 Å². The van der Waals surface area contributed by atoms with Gasteiger partial charge in [0.05, 0.1) is 22.5 Å². The molecule has 28 heteroatoms. The number of carbonyl (C=O) groups excluding carboxylic acids is 1. The van der Waals surface area contributed by atoms with Crippen molar-refractivity contribution in [2.24, 2.45) is 10.2 Å². The Bertz CT molecular complexity index is 3100. The SMILES string of the molecule is CCC(=O)Nc1cc(S(=O)(=O)O)cc2cc(S(=O)(=O)O)c(/N=N/c3cc(Nc4nc(F)nc(N(CC)c5cccc(S(=O)(=O)C=C(I)I)c5)n4)ccc3S(=O)(=O)O)c(O)c12. The minimum absolute atomic E-state index is 0.0755. The van der Waals surface area contributed by atoms with Gasteiger partial charge in [0, 0.05) is 29.7 Å². The lowest BCUT2D eigenvalue weighted by Crippen LogP contribution is -2.21. The number of hydrogen-bond acceptors (Lipinski definition) is 17. The van der Waals surface area contributed by atoms with Crippen molar-refractivity contribution in [3.8, 4) is 5.75 Å². The number of fused-ring (bicyclic) bond motifs is 1. The van der Waals surface area contributed by atoms with E-state index >= 15 is 0 Å². The van der Waals surface area contributed by atoms with Crippen LogP contribution in [0.15, 0.2) is 97.5 Å². The van der Waals surface area contributed by atoms with Crippen molar-refractivity contribution in [2.75, 3.05) is 22.1 Å². The minimum atomic E-state index is -5.37. The minimum Gasteiger partial charge on any atom is -0.505 e. The molecule has 0 aliphatic carbocycles. The lowest BCUT2D eigenvalue weighted by Gasteiger charge is -2.21. The van der Waals surface area contributed by atoms with Gasteiger partial charge in [-0.05, 0) is 112 Å². The maximum atomic E-state index is 14.9. The third kappa shape index (κ3) is 10.8. The molecule has 0 fully saturated rings. The summed E-state index contributed by atoms with van der Waals surface area (Å²) < 4.78 is 145. The Morgan fingerprint density at radius 3 is 2.12 bits per heavy atom. The zero-order valence-corrected chi connectivity index (χ0v) is 37.8. The topological polar surface area (TPSA) is 325 Å². The lowest BCUT2D eigenvalue weighted by molar-refractivity contribution is -0.115. The smallest absolute Gasteiger partial charge is 0.315 e. The van der Waals surface area contributed by atoms with Crippen molar-refractivity contribution in [2.45, 2.75) is 39.9 Å². The Morgan fingerprint density at radius 2 is 1.52 bits per heavy atom. The van der Waals surface area contributed by atoms with Gasteiger partial charge in [0.2, 0.25) is 27.6 Å². The van der Waals surface area contributed by atoms with Gasteiger partial charge in [-0.1, -0.05) is 13.0 Å². The number of phenols is 1. The molecule has 60 heavy (non-hydrogen) atoms. The first-order valence-corrected chi connectivity index (χ1v) is 24.3. The van der Waals surface area contributed by atoms with Gasteiger partial charge in [-0.15, -0.1) is 10.2 Å². The first kappa shape index (κ1) is 46.5. The summed E-state index contributed by atoms with van der Waals surface area (Å²) in [5.74, 6) is -2.62. The zero-order valence-electron chi connectivity index (χ0n) is 30.2. The third-order valence-electron chi connectivity index (χ3n) is 7.90. The van der Waals surface area contributed by atoms with E-state index in [9.17, 15) is 61.6 Å². The molecule has 318 valence electrons. The molecule has 0 atom stereocenters. The van der Waals surface area contributed by atoms with Crippen LogP contribution in [0.1, 0.15) is 20.3 Å². The highest BCUT2D eigenvalue weighted by molar-refractivity contribution is 14.2. The van der Waals surface area contributed by atoms with E-state index in [1.54, 1.807) is 6.92 Å². The molecule has 1 amide bonds. The fourth-order valence-electron chi connectivity index (χ4n) is 5.33. The van der Waals surface area contributed by atoms with Crippen molar-refractivity contribution < 1.29 is 61.6 Å². The fourth-order valence-corrected chi connectivity index (χ4v) is 10.1. The number of azo groups is 1. The predicted octanol–water partition coefficient (Wildman–Crippen LogP) is 6.72. The van der Waals surface area contributed by atoms with E-state index in [1.807, 2.05) is 45.2 Å². The van der Waals surface area contributed by atoms with Gasteiger partial charge < -0.3 is 20.6 Å². The van der Waals surface area contributed by atoms with Crippen LogP contribution in [-0.4, -0.2) is 79.8 Å². The third-order valence-corrected chi connectivity index (χ3v) is 13.4. The van der Waals surface area contributed by atoms with Crippen LogP contribution in [0.4, 0.5) is 44.7 Å². The molecule has 0 aliphatic rings. The maximum absolute atomic E-state index is 14.9. The molecule has 1 heterocycles. The molecule has 0 bridgehead atoms. The number of rotatable bonds is 14. The number of nitrogens with zero attached hydrogens (tertiary/aromatic N) is 6. The molecule has 6 N–H and O–H groups in total. The van der Waals surface area contributed by atoms with Gasteiger partial charge in [-0.3, -0.25) is 18.5 Å². The quantitative estimate of drug-likeness (QED) is 0.0382. The summed E-state index contributed by atoms with van der Waals surface area (Å²) in [6, 6.07) is 10.5. The molecule has 0 unspecified atom stereocenters. The maximum Gasteiger partial charge on any atom is 0.315 e. The summed E-state index contributed by atoms with van der Waals surface area (Å²) in [5.41, 5.74) is -2.16. The van der Waals surface area contributed by atoms with Crippen LogP contribution < -0.4 is 15.5 Å². The second-order valence-corrected chi connectivity index (χ2v) is 22.3. The molecule has 0 spiro atoms. The van der Waals surface area contributed by atoms with Crippen molar-refractivity contribution in [1.82, 2.24) is 15.0 Å².